The summed E-state index contributed by atoms with van der Waals surface area (Å²) in [6.07, 6.45) is 2.43. The average molecular weight is 318 g/mol. The number of nitrogens with one attached hydrogen (secondary N) is 1. The molecule has 3 heterocycles. The third kappa shape index (κ3) is 2.98. The SMILES string of the molecule is O=c1[nH]c(-c2ccccn2)nc2c1CCN(Cc1ccccc1)C2. The molecule has 4 rings (SSSR count). The summed E-state index contributed by atoms with van der Waals surface area (Å²) in [5.74, 6) is 0.543. The van der Waals surface area contributed by atoms with Gasteiger partial charge in [-0.15, -0.1) is 0 Å². The van der Waals surface area contributed by atoms with Crippen LogP contribution in [-0.4, -0.2) is 26.4 Å². The zero-order chi connectivity index (χ0) is 16.4. The lowest BCUT2D eigenvalue weighted by Crippen LogP contribution is -2.35. The van der Waals surface area contributed by atoms with Gasteiger partial charge in [-0.2, -0.15) is 0 Å². The van der Waals surface area contributed by atoms with E-state index in [2.05, 4.69) is 44.1 Å². The van der Waals surface area contributed by atoms with Gasteiger partial charge in [-0.3, -0.25) is 14.7 Å². The highest BCUT2D eigenvalue weighted by atomic mass is 16.1. The topological polar surface area (TPSA) is 61.9 Å². The molecule has 1 aromatic carbocycles. The number of H-pyrrole nitrogens is 1. The van der Waals surface area contributed by atoms with Gasteiger partial charge in [-0.25, -0.2) is 4.98 Å². The van der Waals surface area contributed by atoms with Gasteiger partial charge in [0.2, 0.25) is 0 Å². The Labute approximate surface area is 140 Å². The second kappa shape index (κ2) is 6.37. The fourth-order valence-electron chi connectivity index (χ4n) is 3.09. The minimum Gasteiger partial charge on any atom is -0.305 e. The molecule has 2 aromatic heterocycles. The maximum absolute atomic E-state index is 12.4. The van der Waals surface area contributed by atoms with E-state index in [4.69, 9.17) is 0 Å². The Morgan fingerprint density at radius 1 is 1.08 bits per heavy atom. The summed E-state index contributed by atoms with van der Waals surface area (Å²) in [6, 6.07) is 16.0. The molecule has 0 amide bonds. The quantitative estimate of drug-likeness (QED) is 0.805. The van der Waals surface area contributed by atoms with Crippen LogP contribution in [0.25, 0.3) is 11.5 Å². The van der Waals surface area contributed by atoms with E-state index in [1.165, 1.54) is 5.56 Å². The third-order valence-electron chi connectivity index (χ3n) is 4.31. The molecule has 0 saturated carbocycles. The molecule has 0 radical (unpaired) electrons. The fraction of sp³-hybridized carbons (Fsp3) is 0.211. The highest BCUT2D eigenvalue weighted by Crippen LogP contribution is 2.19. The van der Waals surface area contributed by atoms with Crippen molar-refractivity contribution in [1.82, 2.24) is 19.9 Å². The number of nitrogens with zero attached hydrogens (tertiary/aromatic N) is 3. The minimum atomic E-state index is -0.0417. The fourth-order valence-corrected chi connectivity index (χ4v) is 3.09. The van der Waals surface area contributed by atoms with Gasteiger partial charge in [-0.1, -0.05) is 36.4 Å². The van der Waals surface area contributed by atoms with E-state index in [1.54, 1.807) is 6.20 Å². The van der Waals surface area contributed by atoms with Gasteiger partial charge in [0.15, 0.2) is 5.82 Å². The Morgan fingerprint density at radius 2 is 1.92 bits per heavy atom. The Hall–Kier alpha value is -2.79. The van der Waals surface area contributed by atoms with Crippen molar-refractivity contribution in [2.45, 2.75) is 19.5 Å². The van der Waals surface area contributed by atoms with E-state index >= 15 is 0 Å². The number of pyridine rings is 1. The van der Waals surface area contributed by atoms with Gasteiger partial charge in [-0.05, 0) is 24.1 Å². The zero-order valence-corrected chi connectivity index (χ0v) is 13.3. The molecule has 120 valence electrons. The van der Waals surface area contributed by atoms with Crippen LogP contribution in [0.5, 0.6) is 0 Å². The summed E-state index contributed by atoms with van der Waals surface area (Å²) in [7, 11) is 0. The first-order valence-corrected chi connectivity index (χ1v) is 8.09. The Balaban J connectivity index is 1.62. The summed E-state index contributed by atoms with van der Waals surface area (Å²) in [5, 5.41) is 0. The van der Waals surface area contributed by atoms with Crippen LogP contribution in [-0.2, 0) is 19.5 Å². The predicted molar refractivity (Wildman–Crippen MR) is 92.3 cm³/mol. The van der Waals surface area contributed by atoms with E-state index < -0.39 is 0 Å². The molecule has 1 N–H and O–H groups in total. The first kappa shape index (κ1) is 14.8. The van der Waals surface area contributed by atoms with Gasteiger partial charge in [0, 0.05) is 31.4 Å². The third-order valence-corrected chi connectivity index (χ3v) is 4.31. The lowest BCUT2D eigenvalue weighted by Gasteiger charge is -2.27. The molecular weight excluding hydrogens is 300 g/mol. The molecule has 1 aliphatic heterocycles. The van der Waals surface area contributed by atoms with Crippen LogP contribution in [0.1, 0.15) is 16.8 Å². The lowest BCUT2D eigenvalue weighted by molar-refractivity contribution is 0.240. The largest absolute Gasteiger partial charge is 0.305 e. The molecular formula is C19H18N4O. The summed E-state index contributed by atoms with van der Waals surface area (Å²) < 4.78 is 0. The van der Waals surface area contributed by atoms with Crippen molar-refractivity contribution in [2.24, 2.45) is 0 Å². The van der Waals surface area contributed by atoms with E-state index in [1.807, 2.05) is 24.3 Å². The smallest absolute Gasteiger partial charge is 0.254 e. The van der Waals surface area contributed by atoms with Crippen LogP contribution in [0.4, 0.5) is 0 Å². The van der Waals surface area contributed by atoms with Crippen LogP contribution in [0.2, 0.25) is 0 Å². The molecule has 0 saturated heterocycles. The number of benzene rings is 1. The van der Waals surface area contributed by atoms with Crippen molar-refractivity contribution >= 4 is 0 Å². The van der Waals surface area contributed by atoms with Crippen LogP contribution in [0.15, 0.2) is 59.5 Å². The maximum atomic E-state index is 12.4. The van der Waals surface area contributed by atoms with Crippen molar-refractivity contribution in [1.29, 1.82) is 0 Å². The van der Waals surface area contributed by atoms with Crippen LogP contribution in [0.3, 0.4) is 0 Å². The second-order valence-electron chi connectivity index (χ2n) is 6.00. The first-order valence-electron chi connectivity index (χ1n) is 8.09. The van der Waals surface area contributed by atoms with Crippen LogP contribution >= 0.6 is 0 Å². The summed E-state index contributed by atoms with van der Waals surface area (Å²) in [4.78, 5) is 26.5. The summed E-state index contributed by atoms with van der Waals surface area (Å²) >= 11 is 0. The van der Waals surface area contributed by atoms with E-state index in [0.29, 0.717) is 18.1 Å². The van der Waals surface area contributed by atoms with Gasteiger partial charge >= 0.3 is 0 Å². The van der Waals surface area contributed by atoms with Gasteiger partial charge in [0.1, 0.15) is 5.69 Å². The van der Waals surface area contributed by atoms with Crippen molar-refractivity contribution in [2.75, 3.05) is 6.54 Å². The number of fused-ring (bicyclic) bond motifs is 1. The molecule has 0 atom stereocenters. The first-order chi connectivity index (χ1) is 11.8. The molecule has 1 aliphatic rings. The van der Waals surface area contributed by atoms with Crippen LogP contribution < -0.4 is 5.56 Å². The predicted octanol–water partition coefficient (Wildman–Crippen LogP) is 2.39. The molecule has 0 spiro atoms. The molecule has 5 heteroatoms. The summed E-state index contributed by atoms with van der Waals surface area (Å²) in [5.41, 5.74) is 3.59. The van der Waals surface area contributed by atoms with E-state index in [0.717, 1.165) is 30.8 Å². The molecule has 3 aromatic rings. The van der Waals surface area contributed by atoms with Gasteiger partial charge in [0.25, 0.3) is 5.56 Å². The standard InChI is InChI=1S/C19H18N4O/c24-19-15-9-11-23(12-14-6-2-1-3-7-14)13-17(15)21-18(22-19)16-8-4-5-10-20-16/h1-8,10H,9,11-13H2,(H,21,22,24). The average Bonchev–Trinajstić information content (AvgIpc) is 2.63. The van der Waals surface area contributed by atoms with Crippen molar-refractivity contribution < 1.29 is 0 Å². The number of aromatic amines is 1. The second-order valence-corrected chi connectivity index (χ2v) is 6.00. The highest BCUT2D eigenvalue weighted by Gasteiger charge is 2.21. The molecule has 24 heavy (non-hydrogen) atoms. The van der Waals surface area contributed by atoms with Crippen LogP contribution in [0, 0.1) is 0 Å². The highest BCUT2D eigenvalue weighted by molar-refractivity contribution is 5.49. The maximum Gasteiger partial charge on any atom is 0.254 e. The number of hydrogen-bond donors (Lipinski definition) is 1. The van der Waals surface area contributed by atoms with Crippen molar-refractivity contribution in [3.05, 3.63) is 81.9 Å². The molecule has 0 fully saturated rings. The number of hydrogen-bond acceptors (Lipinski definition) is 4. The van der Waals surface area contributed by atoms with Gasteiger partial charge in [0.05, 0.1) is 5.69 Å². The Bertz CT molecular complexity index is 890. The Kier molecular flexibility index (Phi) is 3.92. The van der Waals surface area contributed by atoms with E-state index in [9.17, 15) is 4.79 Å². The molecule has 0 unspecified atom stereocenters. The zero-order valence-electron chi connectivity index (χ0n) is 13.3. The normalized spacial score (nSPS) is 14.3. The van der Waals surface area contributed by atoms with Crippen molar-refractivity contribution in [3.8, 4) is 11.5 Å². The molecule has 0 aliphatic carbocycles. The molecule has 5 nitrogen and oxygen atoms in total. The number of aromatic nitrogens is 3. The van der Waals surface area contributed by atoms with E-state index in [-0.39, 0.29) is 5.56 Å². The van der Waals surface area contributed by atoms with Gasteiger partial charge < -0.3 is 4.98 Å². The number of rotatable bonds is 3. The summed E-state index contributed by atoms with van der Waals surface area (Å²) in [6.45, 7) is 2.43. The minimum absolute atomic E-state index is 0.0417. The monoisotopic (exact) mass is 318 g/mol. The van der Waals surface area contributed by atoms with Crippen molar-refractivity contribution in [3.63, 3.8) is 0 Å². The lowest BCUT2D eigenvalue weighted by atomic mass is 10.1. The Morgan fingerprint density at radius 3 is 2.71 bits per heavy atom. The molecule has 0 bridgehead atoms.